The Hall–Kier alpha value is -3.40. The number of carbonyl (C=O) groups excluding carboxylic acids is 1. The summed E-state index contributed by atoms with van der Waals surface area (Å²) < 4.78 is 6.19. The molecule has 4 heteroatoms. The van der Waals surface area contributed by atoms with Crippen LogP contribution >= 0.6 is 0 Å². The molecule has 1 heterocycles. The zero-order valence-electron chi connectivity index (χ0n) is 15.0. The molecule has 1 N–H and O–H groups in total. The van der Waals surface area contributed by atoms with Gasteiger partial charge in [0.15, 0.2) is 0 Å². The number of hydrogen-bond donors (Lipinski definition) is 1. The number of ether oxygens (including phenoxy) is 1. The monoisotopic (exact) mass is 358 g/mol. The number of aromatic carboxylic acids is 1. The van der Waals surface area contributed by atoms with Gasteiger partial charge < -0.3 is 9.84 Å². The van der Waals surface area contributed by atoms with Crippen molar-refractivity contribution in [1.29, 1.82) is 0 Å². The summed E-state index contributed by atoms with van der Waals surface area (Å²) in [6.45, 7) is 4.00. The highest BCUT2D eigenvalue weighted by Gasteiger charge is 2.30. The topological polar surface area (TPSA) is 63.6 Å². The summed E-state index contributed by atoms with van der Waals surface area (Å²) in [5.74, 6) is -0.334. The summed E-state index contributed by atoms with van der Waals surface area (Å²) in [5, 5.41) is 9.75. The van der Waals surface area contributed by atoms with Crippen LogP contribution < -0.4 is 4.74 Å². The van der Waals surface area contributed by atoms with Gasteiger partial charge in [-0.2, -0.15) is 0 Å². The molecule has 0 fully saturated rings. The number of aldehydes is 1. The van der Waals surface area contributed by atoms with Gasteiger partial charge in [0.05, 0.1) is 5.56 Å². The van der Waals surface area contributed by atoms with Crippen LogP contribution in [0.5, 0.6) is 5.75 Å². The average Bonchev–Trinajstić information content (AvgIpc) is 2.65. The van der Waals surface area contributed by atoms with E-state index in [1.807, 2.05) is 50.3 Å². The second kappa shape index (κ2) is 6.40. The largest absolute Gasteiger partial charge is 0.481 e. The van der Waals surface area contributed by atoms with Gasteiger partial charge in [0, 0.05) is 22.3 Å². The number of aryl methyl sites for hydroxylation is 1. The molecule has 2 aromatic rings. The molecule has 1 aliphatic carbocycles. The number of benzene rings is 2. The molecular weight excluding hydrogens is 340 g/mol. The smallest absolute Gasteiger partial charge is 0.336 e. The highest BCUT2D eigenvalue weighted by atomic mass is 16.5. The van der Waals surface area contributed by atoms with Crippen LogP contribution in [0.3, 0.4) is 0 Å². The Kier molecular flexibility index (Phi) is 4.04. The zero-order chi connectivity index (χ0) is 19.1. The van der Waals surface area contributed by atoms with Crippen LogP contribution in [0, 0.1) is 6.92 Å². The summed E-state index contributed by atoms with van der Waals surface area (Å²) >= 11 is 0. The molecule has 0 bridgehead atoms. The number of hydrogen-bond acceptors (Lipinski definition) is 3. The fraction of sp³-hybridized carbons (Fsp3) is 0.130. The Bertz CT molecular complexity index is 1070. The van der Waals surface area contributed by atoms with Gasteiger partial charge in [-0.3, -0.25) is 4.79 Å². The summed E-state index contributed by atoms with van der Waals surface area (Å²) in [6.07, 6.45) is 6.39. The Balaban J connectivity index is 2.04. The molecule has 0 saturated carbocycles. The normalized spacial score (nSPS) is 17.6. The van der Waals surface area contributed by atoms with E-state index in [1.165, 1.54) is 6.07 Å². The van der Waals surface area contributed by atoms with Crippen molar-refractivity contribution in [2.45, 2.75) is 20.0 Å². The lowest BCUT2D eigenvalue weighted by atomic mass is 9.83. The summed E-state index contributed by atoms with van der Waals surface area (Å²) in [6, 6.07) is 10.7. The van der Waals surface area contributed by atoms with Crippen molar-refractivity contribution in [3.8, 4) is 5.75 Å². The maximum Gasteiger partial charge on any atom is 0.336 e. The Labute approximate surface area is 157 Å². The van der Waals surface area contributed by atoms with Crippen LogP contribution in [0.2, 0.25) is 0 Å². The van der Waals surface area contributed by atoms with Crippen molar-refractivity contribution in [3.63, 3.8) is 0 Å². The molecule has 1 unspecified atom stereocenters. The van der Waals surface area contributed by atoms with E-state index in [9.17, 15) is 14.7 Å². The SMILES string of the molecule is CC1=CC2Oc3cc(C)ccc3C(c3ccc(C=O)cc3C(=O)O)=C2C=C1. The second-order valence-electron chi connectivity index (χ2n) is 6.84. The lowest BCUT2D eigenvalue weighted by molar-refractivity contribution is 0.0696. The van der Waals surface area contributed by atoms with Gasteiger partial charge in [0.1, 0.15) is 18.1 Å². The van der Waals surface area contributed by atoms with Crippen molar-refractivity contribution >= 4 is 17.8 Å². The van der Waals surface area contributed by atoms with Gasteiger partial charge in [0.25, 0.3) is 0 Å². The highest BCUT2D eigenvalue weighted by Crippen LogP contribution is 2.43. The Morgan fingerprint density at radius 3 is 2.59 bits per heavy atom. The van der Waals surface area contributed by atoms with Crippen molar-refractivity contribution in [2.24, 2.45) is 0 Å². The predicted molar refractivity (Wildman–Crippen MR) is 103 cm³/mol. The molecule has 4 rings (SSSR count). The summed E-state index contributed by atoms with van der Waals surface area (Å²) in [4.78, 5) is 23.0. The number of fused-ring (bicyclic) bond motifs is 2. The van der Waals surface area contributed by atoms with E-state index in [-0.39, 0.29) is 11.7 Å². The van der Waals surface area contributed by atoms with Gasteiger partial charge in [-0.15, -0.1) is 0 Å². The van der Waals surface area contributed by atoms with E-state index in [4.69, 9.17) is 4.74 Å². The summed E-state index contributed by atoms with van der Waals surface area (Å²) in [7, 11) is 0. The molecule has 134 valence electrons. The number of carbonyl (C=O) groups is 2. The van der Waals surface area contributed by atoms with Gasteiger partial charge in [-0.25, -0.2) is 4.79 Å². The lowest BCUT2D eigenvalue weighted by Crippen LogP contribution is -2.25. The average molecular weight is 358 g/mol. The zero-order valence-corrected chi connectivity index (χ0v) is 15.0. The van der Waals surface area contributed by atoms with E-state index in [2.05, 4.69) is 0 Å². The minimum Gasteiger partial charge on any atom is -0.481 e. The van der Waals surface area contributed by atoms with Crippen LogP contribution in [0.4, 0.5) is 0 Å². The van der Waals surface area contributed by atoms with Crippen LogP contribution in [-0.2, 0) is 0 Å². The maximum absolute atomic E-state index is 11.9. The van der Waals surface area contributed by atoms with Crippen molar-refractivity contribution in [1.82, 2.24) is 0 Å². The Morgan fingerprint density at radius 1 is 1.07 bits per heavy atom. The lowest BCUT2D eigenvalue weighted by Gasteiger charge is -2.31. The van der Waals surface area contributed by atoms with Crippen LogP contribution in [-0.4, -0.2) is 23.5 Å². The molecule has 0 radical (unpaired) electrons. The minimum atomic E-state index is -1.06. The van der Waals surface area contributed by atoms with E-state index >= 15 is 0 Å². The highest BCUT2D eigenvalue weighted by molar-refractivity contribution is 6.01. The Morgan fingerprint density at radius 2 is 1.85 bits per heavy atom. The minimum absolute atomic E-state index is 0.106. The molecule has 1 atom stereocenters. The van der Waals surface area contributed by atoms with Gasteiger partial charge in [-0.05, 0) is 43.2 Å². The summed E-state index contributed by atoms with van der Waals surface area (Å²) in [5.41, 5.74) is 5.78. The molecule has 0 spiro atoms. The van der Waals surface area contributed by atoms with E-state index in [0.717, 1.165) is 33.6 Å². The molecule has 0 saturated heterocycles. The number of rotatable bonds is 3. The first-order valence-corrected chi connectivity index (χ1v) is 8.69. The third-order valence-electron chi connectivity index (χ3n) is 4.88. The van der Waals surface area contributed by atoms with Crippen LogP contribution in [0.25, 0.3) is 5.57 Å². The third-order valence-corrected chi connectivity index (χ3v) is 4.88. The van der Waals surface area contributed by atoms with Crippen LogP contribution in [0.15, 0.2) is 65.8 Å². The quantitative estimate of drug-likeness (QED) is 0.816. The first kappa shape index (κ1) is 17.0. The molecule has 0 aromatic heterocycles. The maximum atomic E-state index is 11.9. The molecule has 4 nitrogen and oxygen atoms in total. The standard InChI is InChI=1S/C23H18O4/c1-13-3-6-17-20(9-13)27-21-10-14(2)4-7-18(21)22(17)16-8-5-15(12-24)11-19(16)23(25)26/h3-12,20H,1-2H3,(H,25,26). The molecule has 1 aliphatic heterocycles. The number of carboxylic acids is 1. The molecule has 27 heavy (non-hydrogen) atoms. The molecule has 2 aromatic carbocycles. The first-order chi connectivity index (χ1) is 13.0. The van der Waals surface area contributed by atoms with Crippen molar-refractivity contribution in [2.75, 3.05) is 0 Å². The number of allylic oxidation sites excluding steroid dienone is 2. The number of carboxylic acid groups (broad SMARTS) is 1. The third kappa shape index (κ3) is 2.89. The van der Waals surface area contributed by atoms with E-state index < -0.39 is 5.97 Å². The van der Waals surface area contributed by atoms with Crippen molar-refractivity contribution in [3.05, 3.63) is 93.6 Å². The molecular formula is C23H18O4. The van der Waals surface area contributed by atoms with E-state index in [0.29, 0.717) is 17.4 Å². The second-order valence-corrected chi connectivity index (χ2v) is 6.84. The fourth-order valence-corrected chi connectivity index (χ4v) is 3.58. The molecule has 2 aliphatic rings. The van der Waals surface area contributed by atoms with Gasteiger partial charge >= 0.3 is 5.97 Å². The van der Waals surface area contributed by atoms with Gasteiger partial charge in [0.2, 0.25) is 0 Å². The van der Waals surface area contributed by atoms with E-state index in [1.54, 1.807) is 12.1 Å². The molecule has 0 amide bonds. The fourth-order valence-electron chi connectivity index (χ4n) is 3.58. The predicted octanol–water partition coefficient (Wildman–Crippen LogP) is 4.58. The first-order valence-electron chi connectivity index (χ1n) is 8.69. The van der Waals surface area contributed by atoms with Crippen LogP contribution in [0.1, 0.15) is 44.3 Å². The van der Waals surface area contributed by atoms with Gasteiger partial charge in [-0.1, -0.05) is 42.0 Å². The van der Waals surface area contributed by atoms with Crippen molar-refractivity contribution < 1.29 is 19.4 Å².